The van der Waals surface area contributed by atoms with E-state index in [2.05, 4.69) is 0 Å². The Bertz CT molecular complexity index is 268. The van der Waals surface area contributed by atoms with Crippen molar-refractivity contribution in [3.8, 4) is 0 Å². The number of hydrogen-bond acceptors (Lipinski definition) is 3. The first kappa shape index (κ1) is 12.0. The van der Waals surface area contributed by atoms with Crippen LogP contribution in [0.15, 0.2) is 0 Å². The van der Waals surface area contributed by atoms with Crippen LogP contribution in [-0.2, 0) is 14.6 Å². The molecule has 4 heteroatoms. The third-order valence-corrected chi connectivity index (χ3v) is 4.30. The van der Waals surface area contributed by atoms with Crippen LogP contribution in [0, 0.1) is 5.41 Å². The Labute approximate surface area is 86.8 Å². The van der Waals surface area contributed by atoms with Crippen LogP contribution in [0.2, 0.25) is 0 Å². The van der Waals surface area contributed by atoms with Gasteiger partial charge in [0.2, 0.25) is 0 Å². The minimum absolute atomic E-state index is 0.0534. The van der Waals surface area contributed by atoms with Crippen molar-refractivity contribution >= 4 is 9.84 Å². The van der Waals surface area contributed by atoms with E-state index in [9.17, 15) is 8.42 Å². The topological polar surface area (TPSA) is 43.4 Å². The van der Waals surface area contributed by atoms with Crippen LogP contribution in [0.5, 0.6) is 0 Å². The molecule has 1 unspecified atom stereocenters. The number of hydrogen-bond donors (Lipinski definition) is 0. The van der Waals surface area contributed by atoms with E-state index >= 15 is 0 Å². The highest BCUT2D eigenvalue weighted by atomic mass is 32.2. The molecule has 0 amide bonds. The Kier molecular flexibility index (Phi) is 3.58. The van der Waals surface area contributed by atoms with Crippen molar-refractivity contribution in [1.82, 2.24) is 0 Å². The third kappa shape index (κ3) is 4.42. The lowest BCUT2D eigenvalue weighted by Crippen LogP contribution is -2.28. The molecule has 1 fully saturated rings. The van der Waals surface area contributed by atoms with Crippen LogP contribution < -0.4 is 0 Å². The molecule has 0 aromatic rings. The Morgan fingerprint density at radius 1 is 1.36 bits per heavy atom. The zero-order valence-electron chi connectivity index (χ0n) is 9.25. The Hall–Kier alpha value is -0.0900. The summed E-state index contributed by atoms with van der Waals surface area (Å²) >= 11 is 0. The molecule has 0 N–H and O–H groups in total. The lowest BCUT2D eigenvalue weighted by atomic mass is 10.0. The van der Waals surface area contributed by atoms with Crippen LogP contribution >= 0.6 is 0 Å². The lowest BCUT2D eigenvalue weighted by molar-refractivity contribution is 0.127. The summed E-state index contributed by atoms with van der Waals surface area (Å²) in [5.74, 6) is 0.449. The van der Waals surface area contributed by atoms with Crippen molar-refractivity contribution in [1.29, 1.82) is 0 Å². The molecule has 0 aromatic heterocycles. The zero-order valence-corrected chi connectivity index (χ0v) is 10.1. The molecule has 14 heavy (non-hydrogen) atoms. The minimum atomic E-state index is -2.95. The molecular formula is C10H20O3S. The van der Waals surface area contributed by atoms with Gasteiger partial charge in [0.15, 0.2) is 9.84 Å². The van der Waals surface area contributed by atoms with Gasteiger partial charge in [0, 0.05) is 6.61 Å². The van der Waals surface area contributed by atoms with Crippen molar-refractivity contribution in [3.05, 3.63) is 0 Å². The predicted molar refractivity (Wildman–Crippen MR) is 57.1 cm³/mol. The normalized spacial score (nSPS) is 24.1. The van der Waals surface area contributed by atoms with Gasteiger partial charge in [-0.25, -0.2) is 8.42 Å². The first-order valence-electron chi connectivity index (χ1n) is 5.11. The molecule has 1 rings (SSSR count). The number of sulfone groups is 1. The maximum atomic E-state index is 11.7. The summed E-state index contributed by atoms with van der Waals surface area (Å²) in [4.78, 5) is 0. The molecule has 0 radical (unpaired) electrons. The number of ether oxygens (including phenoxy) is 1. The van der Waals surface area contributed by atoms with E-state index in [4.69, 9.17) is 4.74 Å². The Morgan fingerprint density at radius 3 is 2.43 bits per heavy atom. The van der Waals surface area contributed by atoms with Crippen LogP contribution in [0.1, 0.15) is 33.6 Å². The molecule has 1 aliphatic rings. The molecule has 0 spiro atoms. The van der Waals surface area contributed by atoms with Gasteiger partial charge in [-0.15, -0.1) is 0 Å². The smallest absolute Gasteiger partial charge is 0.153 e. The molecule has 0 bridgehead atoms. The van der Waals surface area contributed by atoms with E-state index in [1.165, 1.54) is 0 Å². The lowest BCUT2D eigenvalue weighted by Gasteiger charge is -2.19. The predicted octanol–water partition coefficient (Wildman–Crippen LogP) is 1.63. The van der Waals surface area contributed by atoms with Crippen molar-refractivity contribution < 1.29 is 13.2 Å². The Balaban J connectivity index is 2.49. The van der Waals surface area contributed by atoms with Crippen molar-refractivity contribution in [2.24, 2.45) is 5.41 Å². The van der Waals surface area contributed by atoms with E-state index in [0.717, 1.165) is 19.4 Å². The monoisotopic (exact) mass is 220 g/mol. The van der Waals surface area contributed by atoms with Gasteiger partial charge in [-0.05, 0) is 18.3 Å². The van der Waals surface area contributed by atoms with Crippen LogP contribution in [0.3, 0.4) is 0 Å². The fourth-order valence-electron chi connectivity index (χ4n) is 1.78. The summed E-state index contributed by atoms with van der Waals surface area (Å²) in [5.41, 5.74) is -0.155. The average Bonchev–Trinajstić information content (AvgIpc) is 2.31. The molecule has 0 aliphatic carbocycles. The highest BCUT2D eigenvalue weighted by molar-refractivity contribution is 7.91. The number of rotatable bonds is 3. The quantitative estimate of drug-likeness (QED) is 0.726. The third-order valence-electron chi connectivity index (χ3n) is 2.12. The van der Waals surface area contributed by atoms with E-state index in [1.54, 1.807) is 0 Å². The second-order valence-corrected chi connectivity index (χ2v) is 7.36. The zero-order chi connectivity index (χ0) is 10.8. The first-order chi connectivity index (χ1) is 6.29. The van der Waals surface area contributed by atoms with E-state index in [1.807, 2.05) is 20.8 Å². The average molecular weight is 220 g/mol. The van der Waals surface area contributed by atoms with Crippen LogP contribution in [0.4, 0.5) is 0 Å². The first-order valence-corrected chi connectivity index (χ1v) is 6.93. The second kappa shape index (κ2) is 4.19. The summed E-state index contributed by atoms with van der Waals surface area (Å²) in [7, 11) is -2.95. The second-order valence-electron chi connectivity index (χ2n) is 5.25. The molecule has 0 saturated carbocycles. The van der Waals surface area contributed by atoms with Crippen LogP contribution in [0.25, 0.3) is 0 Å². The maximum Gasteiger partial charge on any atom is 0.153 e. The summed E-state index contributed by atoms with van der Waals surface area (Å²) in [6.07, 6.45) is 1.83. The van der Waals surface area contributed by atoms with Gasteiger partial charge in [0.05, 0.1) is 17.6 Å². The minimum Gasteiger partial charge on any atom is -0.377 e. The van der Waals surface area contributed by atoms with Crippen molar-refractivity contribution in [2.45, 2.75) is 39.7 Å². The van der Waals surface area contributed by atoms with Gasteiger partial charge < -0.3 is 4.74 Å². The highest BCUT2D eigenvalue weighted by Crippen LogP contribution is 2.20. The van der Waals surface area contributed by atoms with Gasteiger partial charge in [-0.1, -0.05) is 20.8 Å². The summed E-state index contributed by atoms with van der Waals surface area (Å²) in [6, 6.07) is 0. The van der Waals surface area contributed by atoms with E-state index in [-0.39, 0.29) is 23.0 Å². The van der Waals surface area contributed by atoms with Gasteiger partial charge >= 0.3 is 0 Å². The largest absolute Gasteiger partial charge is 0.377 e. The van der Waals surface area contributed by atoms with E-state index in [0.29, 0.717) is 0 Å². The van der Waals surface area contributed by atoms with Gasteiger partial charge in [0.1, 0.15) is 0 Å². The summed E-state index contributed by atoms with van der Waals surface area (Å²) < 4.78 is 28.8. The van der Waals surface area contributed by atoms with Gasteiger partial charge in [-0.3, -0.25) is 0 Å². The standard InChI is InChI=1S/C10H20O3S/c1-10(2,3)8-14(11,12)7-9-5-4-6-13-9/h9H,4-8H2,1-3H3. The van der Waals surface area contributed by atoms with E-state index < -0.39 is 9.84 Å². The molecule has 84 valence electrons. The fourth-order valence-corrected chi connectivity index (χ4v) is 4.04. The van der Waals surface area contributed by atoms with Crippen LogP contribution in [-0.4, -0.2) is 32.6 Å². The Morgan fingerprint density at radius 2 is 2.00 bits per heavy atom. The molecule has 0 aromatic carbocycles. The van der Waals surface area contributed by atoms with Crippen molar-refractivity contribution in [2.75, 3.05) is 18.1 Å². The van der Waals surface area contributed by atoms with Gasteiger partial charge in [0.25, 0.3) is 0 Å². The molecule has 1 heterocycles. The summed E-state index contributed by atoms with van der Waals surface area (Å²) in [6.45, 7) is 6.55. The van der Waals surface area contributed by atoms with Crippen molar-refractivity contribution in [3.63, 3.8) is 0 Å². The molecule has 1 saturated heterocycles. The molecule has 1 aliphatic heterocycles. The fraction of sp³-hybridized carbons (Fsp3) is 1.00. The molecular weight excluding hydrogens is 200 g/mol. The molecule has 1 atom stereocenters. The SMILES string of the molecule is CC(C)(C)CS(=O)(=O)CC1CCCO1. The maximum absolute atomic E-state index is 11.7. The van der Waals surface area contributed by atoms with Gasteiger partial charge in [-0.2, -0.15) is 0 Å². The highest BCUT2D eigenvalue weighted by Gasteiger charge is 2.27. The molecule has 3 nitrogen and oxygen atoms in total. The summed E-state index contributed by atoms with van der Waals surface area (Å²) in [5, 5.41) is 0.